The SMILES string of the molecule is COC(=O)Cc1onc(C(C)(C)C)c1C(=O)OC. The molecule has 0 aliphatic carbocycles. The Kier molecular flexibility index (Phi) is 4.11. The van der Waals surface area contributed by atoms with E-state index in [0.717, 1.165) is 0 Å². The molecule has 0 unspecified atom stereocenters. The van der Waals surface area contributed by atoms with Gasteiger partial charge in [0.1, 0.15) is 17.7 Å². The summed E-state index contributed by atoms with van der Waals surface area (Å²) in [7, 11) is 2.53. The molecule has 0 aliphatic rings. The van der Waals surface area contributed by atoms with E-state index in [-0.39, 0.29) is 23.2 Å². The fraction of sp³-hybridized carbons (Fsp3) is 0.583. The first-order valence-corrected chi connectivity index (χ1v) is 5.45. The minimum absolute atomic E-state index is 0.149. The quantitative estimate of drug-likeness (QED) is 0.761. The zero-order valence-corrected chi connectivity index (χ0v) is 11.2. The van der Waals surface area contributed by atoms with Crippen LogP contribution in [0.4, 0.5) is 0 Å². The van der Waals surface area contributed by atoms with E-state index >= 15 is 0 Å². The molecule has 0 N–H and O–H groups in total. The summed E-state index contributed by atoms with van der Waals surface area (Å²) in [5, 5.41) is 3.86. The zero-order valence-electron chi connectivity index (χ0n) is 11.2. The first-order chi connectivity index (χ1) is 8.31. The van der Waals surface area contributed by atoms with Crippen LogP contribution in [0.15, 0.2) is 4.52 Å². The molecule has 0 amide bonds. The predicted molar refractivity (Wildman–Crippen MR) is 62.3 cm³/mol. The molecule has 0 saturated carbocycles. The Bertz CT molecular complexity index is 456. The minimum Gasteiger partial charge on any atom is -0.469 e. The van der Waals surface area contributed by atoms with Crippen molar-refractivity contribution < 1.29 is 23.6 Å². The molecule has 18 heavy (non-hydrogen) atoms. The van der Waals surface area contributed by atoms with Gasteiger partial charge in [0.15, 0.2) is 5.76 Å². The Morgan fingerprint density at radius 2 is 1.83 bits per heavy atom. The van der Waals surface area contributed by atoms with E-state index < -0.39 is 11.9 Å². The molecule has 6 heteroatoms. The lowest BCUT2D eigenvalue weighted by molar-refractivity contribution is -0.140. The van der Waals surface area contributed by atoms with Gasteiger partial charge < -0.3 is 14.0 Å². The number of esters is 2. The maximum Gasteiger partial charge on any atom is 0.343 e. The van der Waals surface area contributed by atoms with E-state index in [0.29, 0.717) is 5.69 Å². The van der Waals surface area contributed by atoms with E-state index in [1.807, 2.05) is 20.8 Å². The summed E-state index contributed by atoms with van der Waals surface area (Å²) in [6, 6.07) is 0. The molecular weight excluding hydrogens is 238 g/mol. The van der Waals surface area contributed by atoms with Gasteiger partial charge in [-0.1, -0.05) is 25.9 Å². The summed E-state index contributed by atoms with van der Waals surface area (Å²) in [6.45, 7) is 5.66. The lowest BCUT2D eigenvalue weighted by Crippen LogP contribution is -2.18. The highest BCUT2D eigenvalue weighted by Gasteiger charge is 2.31. The van der Waals surface area contributed by atoms with Crippen LogP contribution in [0.2, 0.25) is 0 Å². The second-order valence-corrected chi connectivity index (χ2v) is 4.82. The topological polar surface area (TPSA) is 78.6 Å². The van der Waals surface area contributed by atoms with Crippen molar-refractivity contribution in [3.63, 3.8) is 0 Å². The Hall–Kier alpha value is -1.85. The number of hydrogen-bond donors (Lipinski definition) is 0. The number of aromatic nitrogens is 1. The van der Waals surface area contributed by atoms with Crippen LogP contribution >= 0.6 is 0 Å². The third kappa shape index (κ3) is 2.88. The Morgan fingerprint density at radius 3 is 2.28 bits per heavy atom. The molecule has 100 valence electrons. The van der Waals surface area contributed by atoms with Gasteiger partial charge in [0.2, 0.25) is 0 Å². The van der Waals surface area contributed by atoms with Crippen molar-refractivity contribution in [2.24, 2.45) is 0 Å². The third-order valence-corrected chi connectivity index (χ3v) is 2.40. The minimum atomic E-state index is -0.569. The summed E-state index contributed by atoms with van der Waals surface area (Å²) in [4.78, 5) is 23.0. The number of rotatable bonds is 3. The van der Waals surface area contributed by atoms with Crippen LogP contribution in [-0.4, -0.2) is 31.3 Å². The van der Waals surface area contributed by atoms with Crippen LogP contribution in [0.5, 0.6) is 0 Å². The molecule has 1 aromatic heterocycles. The second kappa shape index (κ2) is 5.20. The largest absolute Gasteiger partial charge is 0.469 e. The average Bonchev–Trinajstić information content (AvgIpc) is 2.71. The maximum atomic E-state index is 11.8. The molecule has 1 heterocycles. The molecule has 0 aromatic carbocycles. The van der Waals surface area contributed by atoms with Gasteiger partial charge in [-0.05, 0) is 0 Å². The molecular formula is C12H17NO5. The van der Waals surface area contributed by atoms with Crippen molar-refractivity contribution >= 4 is 11.9 Å². The van der Waals surface area contributed by atoms with Crippen LogP contribution in [0.3, 0.4) is 0 Å². The van der Waals surface area contributed by atoms with Crippen molar-refractivity contribution in [1.82, 2.24) is 5.16 Å². The second-order valence-electron chi connectivity index (χ2n) is 4.82. The summed E-state index contributed by atoms with van der Waals surface area (Å²) >= 11 is 0. The van der Waals surface area contributed by atoms with Gasteiger partial charge in [0.05, 0.1) is 14.2 Å². The van der Waals surface area contributed by atoms with E-state index in [9.17, 15) is 9.59 Å². The Morgan fingerprint density at radius 1 is 1.22 bits per heavy atom. The average molecular weight is 255 g/mol. The smallest absolute Gasteiger partial charge is 0.343 e. The molecule has 1 aromatic rings. The number of ether oxygens (including phenoxy) is 2. The highest BCUT2D eigenvalue weighted by molar-refractivity contribution is 5.93. The fourth-order valence-corrected chi connectivity index (χ4v) is 1.47. The van der Waals surface area contributed by atoms with Crippen LogP contribution in [-0.2, 0) is 26.1 Å². The molecule has 0 saturated heterocycles. The highest BCUT2D eigenvalue weighted by Crippen LogP contribution is 2.28. The van der Waals surface area contributed by atoms with Crippen molar-refractivity contribution in [2.45, 2.75) is 32.6 Å². The number of carbonyl (C=O) groups excluding carboxylic acids is 2. The summed E-state index contributed by atoms with van der Waals surface area (Å²) in [5.74, 6) is -0.907. The standard InChI is InChI=1S/C12H17NO5/c1-12(2,3)10-9(11(15)17-5)7(18-13-10)6-8(14)16-4/h6H2,1-5H3. The fourth-order valence-electron chi connectivity index (χ4n) is 1.47. The molecule has 1 rings (SSSR count). The number of nitrogens with zero attached hydrogens (tertiary/aromatic N) is 1. The number of carbonyl (C=O) groups is 2. The molecule has 0 spiro atoms. The van der Waals surface area contributed by atoms with Gasteiger partial charge >= 0.3 is 11.9 Å². The van der Waals surface area contributed by atoms with Crippen LogP contribution in [0.1, 0.15) is 42.6 Å². The first-order valence-electron chi connectivity index (χ1n) is 5.45. The molecule has 0 radical (unpaired) electrons. The first kappa shape index (κ1) is 14.2. The van der Waals surface area contributed by atoms with Crippen molar-refractivity contribution in [1.29, 1.82) is 0 Å². The van der Waals surface area contributed by atoms with E-state index in [4.69, 9.17) is 9.26 Å². The summed E-state index contributed by atoms with van der Waals surface area (Å²) < 4.78 is 14.3. The monoisotopic (exact) mass is 255 g/mol. The Labute approximate surface area is 105 Å². The van der Waals surface area contributed by atoms with Crippen molar-refractivity contribution in [3.05, 3.63) is 17.0 Å². The summed E-state index contributed by atoms with van der Waals surface area (Å²) in [5.41, 5.74) is 0.283. The van der Waals surface area contributed by atoms with E-state index in [1.54, 1.807) is 0 Å². The van der Waals surface area contributed by atoms with Gasteiger partial charge in [-0.3, -0.25) is 4.79 Å². The van der Waals surface area contributed by atoms with Gasteiger partial charge in [0, 0.05) is 5.41 Å². The van der Waals surface area contributed by atoms with Crippen molar-refractivity contribution in [3.8, 4) is 0 Å². The highest BCUT2D eigenvalue weighted by atomic mass is 16.5. The maximum absolute atomic E-state index is 11.8. The number of hydrogen-bond acceptors (Lipinski definition) is 6. The van der Waals surface area contributed by atoms with E-state index in [2.05, 4.69) is 9.89 Å². The lowest BCUT2D eigenvalue weighted by atomic mass is 9.88. The zero-order chi connectivity index (χ0) is 13.9. The summed E-state index contributed by atoms with van der Waals surface area (Å²) in [6.07, 6.45) is -0.149. The molecule has 0 fully saturated rings. The van der Waals surface area contributed by atoms with Crippen LogP contribution < -0.4 is 0 Å². The predicted octanol–water partition coefficient (Wildman–Crippen LogP) is 1.47. The molecule has 0 atom stereocenters. The number of methoxy groups -OCH3 is 2. The van der Waals surface area contributed by atoms with Gasteiger partial charge in [-0.15, -0.1) is 0 Å². The van der Waals surface area contributed by atoms with Crippen LogP contribution in [0, 0.1) is 0 Å². The lowest BCUT2D eigenvalue weighted by Gasteiger charge is -2.15. The van der Waals surface area contributed by atoms with Crippen molar-refractivity contribution in [2.75, 3.05) is 14.2 Å². The van der Waals surface area contributed by atoms with E-state index in [1.165, 1.54) is 14.2 Å². The molecule has 0 aliphatic heterocycles. The van der Waals surface area contributed by atoms with Gasteiger partial charge in [-0.2, -0.15) is 0 Å². The van der Waals surface area contributed by atoms with Crippen LogP contribution in [0.25, 0.3) is 0 Å². The molecule has 6 nitrogen and oxygen atoms in total. The van der Waals surface area contributed by atoms with Gasteiger partial charge in [-0.25, -0.2) is 4.79 Å². The van der Waals surface area contributed by atoms with Gasteiger partial charge in [0.25, 0.3) is 0 Å². The third-order valence-electron chi connectivity index (χ3n) is 2.40. The Balaban J connectivity index is 3.24. The normalized spacial score (nSPS) is 11.2. The molecule has 0 bridgehead atoms.